The normalized spacial score (nSPS) is 14.9. The summed E-state index contributed by atoms with van der Waals surface area (Å²) in [4.78, 5) is 0. The third kappa shape index (κ3) is 4.71. The van der Waals surface area contributed by atoms with E-state index in [0.29, 0.717) is 13.1 Å². The standard InChI is InChI=1S/C28H32N2O2S/c1-28(2,3)18-22-19-30(16-15-29-33(31,32)23-12-13-23)27-14-11-21(17-26(22)27)25-10-6-8-20-7-4-5-9-24(20)25/h4-11,14,17,19,23,29H,12-13,15-16,18H2,1-3H3. The number of nitrogens with one attached hydrogen (secondary N) is 1. The molecule has 172 valence electrons. The zero-order valence-corrected chi connectivity index (χ0v) is 20.5. The van der Waals surface area contributed by atoms with E-state index in [1.165, 1.54) is 32.8 Å². The van der Waals surface area contributed by atoms with Gasteiger partial charge in [0.15, 0.2) is 0 Å². The van der Waals surface area contributed by atoms with Crippen molar-refractivity contribution in [1.82, 2.24) is 9.29 Å². The van der Waals surface area contributed by atoms with E-state index >= 15 is 0 Å². The molecule has 1 N–H and O–H groups in total. The van der Waals surface area contributed by atoms with Crippen LogP contribution in [0.2, 0.25) is 0 Å². The second-order valence-electron chi connectivity index (χ2n) is 10.5. The molecule has 0 bridgehead atoms. The number of benzene rings is 3. The Morgan fingerprint density at radius 2 is 1.73 bits per heavy atom. The van der Waals surface area contributed by atoms with E-state index < -0.39 is 10.0 Å². The molecule has 1 aliphatic rings. The lowest BCUT2D eigenvalue weighted by Gasteiger charge is -2.17. The van der Waals surface area contributed by atoms with Crippen LogP contribution in [0, 0.1) is 5.41 Å². The second-order valence-corrected chi connectivity index (χ2v) is 12.5. The van der Waals surface area contributed by atoms with Crippen LogP contribution in [0.4, 0.5) is 0 Å². The molecule has 0 radical (unpaired) electrons. The fourth-order valence-corrected chi connectivity index (χ4v) is 6.09. The Hall–Kier alpha value is -2.63. The summed E-state index contributed by atoms with van der Waals surface area (Å²) in [5.41, 5.74) is 5.07. The van der Waals surface area contributed by atoms with Gasteiger partial charge in [-0.3, -0.25) is 0 Å². The summed E-state index contributed by atoms with van der Waals surface area (Å²) in [5.74, 6) is 0. The summed E-state index contributed by atoms with van der Waals surface area (Å²) >= 11 is 0. The molecule has 1 heterocycles. The van der Waals surface area contributed by atoms with Crippen molar-refractivity contribution < 1.29 is 8.42 Å². The maximum Gasteiger partial charge on any atom is 0.214 e. The third-order valence-electron chi connectivity index (χ3n) is 6.40. The van der Waals surface area contributed by atoms with Crippen LogP contribution in [0.1, 0.15) is 39.2 Å². The number of rotatable bonds is 7. The molecule has 1 saturated carbocycles. The van der Waals surface area contributed by atoms with Crippen LogP contribution in [0.25, 0.3) is 32.8 Å². The molecule has 3 aromatic carbocycles. The van der Waals surface area contributed by atoms with Crippen LogP contribution >= 0.6 is 0 Å². The Morgan fingerprint density at radius 1 is 0.970 bits per heavy atom. The average molecular weight is 461 g/mol. The minimum absolute atomic E-state index is 0.155. The third-order valence-corrected chi connectivity index (χ3v) is 8.36. The average Bonchev–Trinajstić information content (AvgIpc) is 3.58. The summed E-state index contributed by atoms with van der Waals surface area (Å²) < 4.78 is 29.5. The van der Waals surface area contributed by atoms with Gasteiger partial charge in [0.2, 0.25) is 10.0 Å². The number of aromatic nitrogens is 1. The Kier molecular flexibility index (Phi) is 5.58. The predicted octanol–water partition coefficient (Wildman–Crippen LogP) is 6.13. The first-order valence-corrected chi connectivity index (χ1v) is 13.3. The van der Waals surface area contributed by atoms with E-state index in [2.05, 4.69) is 96.9 Å². The van der Waals surface area contributed by atoms with Gasteiger partial charge in [-0.1, -0.05) is 69.3 Å². The molecule has 33 heavy (non-hydrogen) atoms. The smallest absolute Gasteiger partial charge is 0.214 e. The Labute approximate surface area is 196 Å². The van der Waals surface area contributed by atoms with Crippen LogP contribution in [0.3, 0.4) is 0 Å². The minimum atomic E-state index is -3.16. The monoisotopic (exact) mass is 460 g/mol. The van der Waals surface area contributed by atoms with Gasteiger partial charge in [0.05, 0.1) is 5.25 Å². The van der Waals surface area contributed by atoms with Crippen molar-refractivity contribution in [3.8, 4) is 11.1 Å². The van der Waals surface area contributed by atoms with E-state index in [4.69, 9.17) is 0 Å². The SMILES string of the molecule is CC(C)(C)Cc1cn(CCNS(=O)(=O)C2CC2)c2ccc(-c3cccc4ccccc34)cc12. The summed E-state index contributed by atoms with van der Waals surface area (Å²) in [6.45, 7) is 7.82. The summed E-state index contributed by atoms with van der Waals surface area (Å²) in [6, 6.07) is 21.7. The molecule has 5 heteroatoms. The number of sulfonamides is 1. The second kappa shape index (κ2) is 8.30. The van der Waals surface area contributed by atoms with Crippen molar-refractivity contribution >= 4 is 31.7 Å². The predicted molar refractivity (Wildman–Crippen MR) is 138 cm³/mol. The molecule has 4 nitrogen and oxygen atoms in total. The highest BCUT2D eigenvalue weighted by atomic mass is 32.2. The van der Waals surface area contributed by atoms with Gasteiger partial charge < -0.3 is 4.57 Å². The lowest BCUT2D eigenvalue weighted by atomic mass is 9.87. The lowest BCUT2D eigenvalue weighted by Crippen LogP contribution is -2.30. The molecule has 0 unspecified atom stereocenters. The van der Waals surface area contributed by atoms with Crippen molar-refractivity contribution in [3.05, 3.63) is 72.4 Å². The van der Waals surface area contributed by atoms with Crippen molar-refractivity contribution in [2.24, 2.45) is 5.41 Å². The van der Waals surface area contributed by atoms with Gasteiger partial charge in [-0.2, -0.15) is 0 Å². The molecule has 0 aliphatic heterocycles. The Balaban J connectivity index is 1.53. The maximum atomic E-state index is 12.2. The summed E-state index contributed by atoms with van der Waals surface area (Å²) in [5, 5.41) is 3.56. The van der Waals surface area contributed by atoms with Gasteiger partial charge in [0, 0.05) is 30.2 Å². The maximum absolute atomic E-state index is 12.2. The van der Waals surface area contributed by atoms with Gasteiger partial charge in [0.1, 0.15) is 0 Å². The van der Waals surface area contributed by atoms with E-state index in [-0.39, 0.29) is 10.7 Å². The minimum Gasteiger partial charge on any atom is -0.346 e. The summed E-state index contributed by atoms with van der Waals surface area (Å²) in [6.07, 6.45) is 4.75. The summed E-state index contributed by atoms with van der Waals surface area (Å²) in [7, 11) is -3.16. The van der Waals surface area contributed by atoms with Gasteiger partial charge in [-0.15, -0.1) is 0 Å². The highest BCUT2D eigenvalue weighted by Crippen LogP contribution is 2.34. The number of hydrogen-bond donors (Lipinski definition) is 1. The van der Waals surface area contributed by atoms with Crippen LogP contribution < -0.4 is 4.72 Å². The molecule has 0 saturated heterocycles. The van der Waals surface area contributed by atoms with Gasteiger partial charge in [0.25, 0.3) is 0 Å². The Morgan fingerprint density at radius 3 is 2.48 bits per heavy atom. The largest absolute Gasteiger partial charge is 0.346 e. The molecule has 0 amide bonds. The van der Waals surface area contributed by atoms with Crippen LogP contribution in [0.5, 0.6) is 0 Å². The first kappa shape index (κ1) is 22.2. The van der Waals surface area contributed by atoms with Crippen molar-refractivity contribution in [2.75, 3.05) is 6.54 Å². The molecule has 1 aromatic heterocycles. The highest BCUT2D eigenvalue weighted by Gasteiger charge is 2.35. The fourth-order valence-electron chi connectivity index (χ4n) is 4.72. The van der Waals surface area contributed by atoms with E-state index in [1.807, 2.05) is 0 Å². The molecule has 5 rings (SSSR count). The first-order chi connectivity index (χ1) is 15.7. The molecular weight excluding hydrogens is 428 g/mol. The first-order valence-electron chi connectivity index (χ1n) is 11.8. The van der Waals surface area contributed by atoms with Gasteiger partial charge >= 0.3 is 0 Å². The molecule has 0 spiro atoms. The van der Waals surface area contributed by atoms with Crippen molar-refractivity contribution in [3.63, 3.8) is 0 Å². The van der Waals surface area contributed by atoms with Crippen LogP contribution in [-0.2, 0) is 23.0 Å². The lowest BCUT2D eigenvalue weighted by molar-refractivity contribution is 0.412. The molecule has 1 aliphatic carbocycles. The van der Waals surface area contributed by atoms with E-state index in [0.717, 1.165) is 24.8 Å². The van der Waals surface area contributed by atoms with Gasteiger partial charge in [-0.25, -0.2) is 13.1 Å². The zero-order chi connectivity index (χ0) is 23.2. The van der Waals surface area contributed by atoms with E-state index in [9.17, 15) is 8.42 Å². The molecule has 4 aromatic rings. The zero-order valence-electron chi connectivity index (χ0n) is 19.6. The fraction of sp³-hybridized carbons (Fsp3) is 0.357. The number of hydrogen-bond acceptors (Lipinski definition) is 2. The highest BCUT2D eigenvalue weighted by molar-refractivity contribution is 7.90. The number of fused-ring (bicyclic) bond motifs is 2. The quantitative estimate of drug-likeness (QED) is 0.361. The van der Waals surface area contributed by atoms with Gasteiger partial charge in [-0.05, 0) is 64.3 Å². The topological polar surface area (TPSA) is 51.1 Å². The van der Waals surface area contributed by atoms with Crippen LogP contribution in [-0.4, -0.2) is 24.8 Å². The van der Waals surface area contributed by atoms with Crippen molar-refractivity contribution in [1.29, 1.82) is 0 Å². The molecule has 1 fully saturated rings. The number of nitrogens with zero attached hydrogens (tertiary/aromatic N) is 1. The molecular formula is C28H32N2O2S. The van der Waals surface area contributed by atoms with E-state index in [1.54, 1.807) is 0 Å². The van der Waals surface area contributed by atoms with Crippen molar-refractivity contribution in [2.45, 2.75) is 51.8 Å². The van der Waals surface area contributed by atoms with Crippen LogP contribution in [0.15, 0.2) is 66.9 Å². The molecule has 0 atom stereocenters. The Bertz CT molecular complexity index is 1420.